The van der Waals surface area contributed by atoms with Crippen LogP contribution in [0.15, 0.2) is 66.9 Å². The molecule has 0 spiro atoms. The molecule has 1 aliphatic heterocycles. The molecular weight excluding hydrogens is 570 g/mol. The molecule has 0 aliphatic carbocycles. The third-order valence-corrected chi connectivity index (χ3v) is 8.39. The Hall–Kier alpha value is -4.48. The highest BCUT2D eigenvalue weighted by molar-refractivity contribution is 7.89. The number of aryl methyl sites for hydroxylation is 1. The van der Waals surface area contributed by atoms with Gasteiger partial charge in [-0.25, -0.2) is 8.42 Å². The van der Waals surface area contributed by atoms with E-state index in [1.54, 1.807) is 65.7 Å². The van der Waals surface area contributed by atoms with E-state index in [0.717, 1.165) is 0 Å². The Balaban J connectivity index is 1.41. The fraction of sp³-hybridized carbons (Fsp3) is 0.281. The number of nitrogens with zero attached hydrogens (tertiary/aromatic N) is 2. The number of amides is 2. The van der Waals surface area contributed by atoms with Crippen LogP contribution >= 0.6 is 0 Å². The average Bonchev–Trinajstić information content (AvgIpc) is 3.31. The molecular formula is C32H33N3O7S. The van der Waals surface area contributed by atoms with E-state index >= 15 is 0 Å². The fourth-order valence-electron chi connectivity index (χ4n) is 5.42. The highest BCUT2D eigenvalue weighted by Crippen LogP contribution is 2.45. The number of sulfonamides is 1. The van der Waals surface area contributed by atoms with E-state index in [4.69, 9.17) is 14.2 Å². The molecule has 1 N–H and O–H groups in total. The molecule has 1 aliphatic rings. The molecule has 5 rings (SSSR count). The van der Waals surface area contributed by atoms with Crippen molar-refractivity contribution in [3.63, 3.8) is 0 Å². The van der Waals surface area contributed by atoms with Gasteiger partial charge in [-0.15, -0.1) is 0 Å². The molecule has 0 saturated carbocycles. The first kappa shape index (κ1) is 30.0. The van der Waals surface area contributed by atoms with Crippen LogP contribution in [0, 0.1) is 6.92 Å². The van der Waals surface area contributed by atoms with Gasteiger partial charge in [0.1, 0.15) is 11.3 Å². The third kappa shape index (κ3) is 5.91. The SMILES string of the molecule is CCOc1c2c(c(OCC)c3ncccc13)CN(c1ccc(CS(=O)(=O)NC(=O)C(OC)c3ccccc3)cc1C)C2=O. The van der Waals surface area contributed by atoms with Gasteiger partial charge in [-0.2, -0.15) is 0 Å². The molecule has 0 bridgehead atoms. The number of hydrogen-bond acceptors (Lipinski definition) is 8. The van der Waals surface area contributed by atoms with Crippen molar-refractivity contribution in [3.8, 4) is 11.5 Å². The van der Waals surface area contributed by atoms with Gasteiger partial charge in [0.25, 0.3) is 11.8 Å². The minimum absolute atomic E-state index is 0.239. The Morgan fingerprint density at radius 1 is 1.02 bits per heavy atom. The summed E-state index contributed by atoms with van der Waals surface area (Å²) in [6.07, 6.45) is 0.607. The number of carbonyl (C=O) groups excluding carboxylic acids is 2. The third-order valence-electron chi connectivity index (χ3n) is 7.16. The minimum Gasteiger partial charge on any atom is -0.492 e. The van der Waals surface area contributed by atoms with E-state index in [2.05, 4.69) is 9.71 Å². The largest absolute Gasteiger partial charge is 0.492 e. The number of aromatic nitrogens is 1. The Bertz CT molecular complexity index is 1790. The number of anilines is 1. The number of benzene rings is 3. The lowest BCUT2D eigenvalue weighted by Gasteiger charge is -2.20. The molecule has 43 heavy (non-hydrogen) atoms. The number of fused-ring (bicyclic) bond motifs is 2. The monoisotopic (exact) mass is 603 g/mol. The van der Waals surface area contributed by atoms with E-state index in [9.17, 15) is 18.0 Å². The van der Waals surface area contributed by atoms with Gasteiger partial charge in [-0.3, -0.25) is 19.3 Å². The topological polar surface area (TPSA) is 124 Å². The van der Waals surface area contributed by atoms with Crippen LogP contribution in [0.25, 0.3) is 10.9 Å². The molecule has 4 aromatic rings. The average molecular weight is 604 g/mol. The summed E-state index contributed by atoms with van der Waals surface area (Å²) < 4.78 is 45.3. The van der Waals surface area contributed by atoms with Crippen LogP contribution < -0.4 is 19.1 Å². The van der Waals surface area contributed by atoms with Crippen LogP contribution in [0.2, 0.25) is 0 Å². The van der Waals surface area contributed by atoms with Crippen LogP contribution in [-0.4, -0.2) is 45.5 Å². The molecule has 0 fully saturated rings. The summed E-state index contributed by atoms with van der Waals surface area (Å²) in [5, 5.41) is 0.698. The Morgan fingerprint density at radius 3 is 2.42 bits per heavy atom. The van der Waals surface area contributed by atoms with Crippen LogP contribution in [0.1, 0.15) is 52.6 Å². The molecule has 10 nitrogen and oxygen atoms in total. The molecule has 0 radical (unpaired) electrons. The van der Waals surface area contributed by atoms with Crippen molar-refractivity contribution in [2.75, 3.05) is 25.2 Å². The van der Waals surface area contributed by atoms with Crippen LogP contribution in [0.3, 0.4) is 0 Å². The molecule has 2 heterocycles. The summed E-state index contributed by atoms with van der Waals surface area (Å²) >= 11 is 0. The fourth-order valence-corrected chi connectivity index (χ4v) is 6.53. The summed E-state index contributed by atoms with van der Waals surface area (Å²) in [4.78, 5) is 32.8. The van der Waals surface area contributed by atoms with Crippen molar-refractivity contribution in [1.82, 2.24) is 9.71 Å². The summed E-state index contributed by atoms with van der Waals surface area (Å²) in [7, 11) is -2.70. The zero-order valence-electron chi connectivity index (χ0n) is 24.4. The second-order valence-corrected chi connectivity index (χ2v) is 11.8. The number of pyridine rings is 1. The quantitative estimate of drug-likeness (QED) is 0.259. The minimum atomic E-state index is -4.05. The smallest absolute Gasteiger partial charge is 0.267 e. The van der Waals surface area contributed by atoms with Crippen molar-refractivity contribution in [2.45, 2.75) is 39.2 Å². The van der Waals surface area contributed by atoms with Gasteiger partial charge in [0.15, 0.2) is 11.9 Å². The van der Waals surface area contributed by atoms with Crippen molar-refractivity contribution >= 4 is 38.4 Å². The van der Waals surface area contributed by atoms with Gasteiger partial charge in [-0.1, -0.05) is 42.5 Å². The molecule has 2 amide bonds. The first-order chi connectivity index (χ1) is 20.7. The summed E-state index contributed by atoms with van der Waals surface area (Å²) in [6.45, 7) is 6.55. The summed E-state index contributed by atoms with van der Waals surface area (Å²) in [5.74, 6) is -0.433. The van der Waals surface area contributed by atoms with Gasteiger partial charge >= 0.3 is 0 Å². The second-order valence-electron chi connectivity index (χ2n) is 10.0. The summed E-state index contributed by atoms with van der Waals surface area (Å²) in [6, 6.07) is 17.4. The van der Waals surface area contributed by atoms with Gasteiger partial charge in [-0.05, 0) is 55.7 Å². The molecule has 1 unspecified atom stereocenters. The Labute approximate surface area is 250 Å². The van der Waals surface area contributed by atoms with Gasteiger partial charge in [0, 0.05) is 29.9 Å². The molecule has 3 aromatic carbocycles. The van der Waals surface area contributed by atoms with Crippen molar-refractivity contribution in [2.24, 2.45) is 0 Å². The lowest BCUT2D eigenvalue weighted by molar-refractivity contribution is -0.129. The maximum atomic E-state index is 13.9. The van der Waals surface area contributed by atoms with E-state index in [1.165, 1.54) is 7.11 Å². The molecule has 1 atom stereocenters. The van der Waals surface area contributed by atoms with E-state index in [1.807, 2.05) is 26.8 Å². The van der Waals surface area contributed by atoms with Crippen LogP contribution in [0.4, 0.5) is 5.69 Å². The standard InChI is InChI=1S/C32H33N3O7S/c1-5-41-29-23-13-10-16-33-27(23)30(42-6-2)24-18-35(32(37)26(24)29)25-15-14-21(17-20(25)3)19-43(38,39)34-31(36)28(40-4)22-11-8-7-9-12-22/h7-17,28H,5-6,18-19H2,1-4H3,(H,34,36). The van der Waals surface area contributed by atoms with E-state index in [0.29, 0.717) is 69.1 Å². The number of methoxy groups -OCH3 is 1. The molecule has 0 saturated heterocycles. The van der Waals surface area contributed by atoms with E-state index < -0.39 is 27.8 Å². The Kier molecular flexibility index (Phi) is 8.65. The highest BCUT2D eigenvalue weighted by Gasteiger charge is 2.37. The number of ether oxygens (including phenoxy) is 3. The Morgan fingerprint density at radius 2 is 1.74 bits per heavy atom. The van der Waals surface area contributed by atoms with Gasteiger partial charge < -0.3 is 19.1 Å². The normalized spacial score (nSPS) is 13.6. The zero-order valence-corrected chi connectivity index (χ0v) is 25.2. The maximum absolute atomic E-state index is 13.9. The van der Waals surface area contributed by atoms with Gasteiger partial charge in [0.05, 0.1) is 31.1 Å². The van der Waals surface area contributed by atoms with Crippen molar-refractivity contribution in [3.05, 3.63) is 94.7 Å². The zero-order chi connectivity index (χ0) is 30.7. The first-order valence-electron chi connectivity index (χ1n) is 13.9. The van der Waals surface area contributed by atoms with Gasteiger partial charge in [0.2, 0.25) is 10.0 Å². The molecule has 11 heteroatoms. The van der Waals surface area contributed by atoms with Crippen LogP contribution in [0.5, 0.6) is 11.5 Å². The van der Waals surface area contributed by atoms with Crippen molar-refractivity contribution in [1.29, 1.82) is 0 Å². The predicted molar refractivity (Wildman–Crippen MR) is 163 cm³/mol. The number of hydrogen-bond donors (Lipinski definition) is 1. The van der Waals surface area contributed by atoms with E-state index in [-0.39, 0.29) is 12.5 Å². The number of carbonyl (C=O) groups is 2. The van der Waals surface area contributed by atoms with Crippen molar-refractivity contribution < 1.29 is 32.2 Å². The maximum Gasteiger partial charge on any atom is 0.267 e. The van der Waals surface area contributed by atoms with Crippen LogP contribution in [-0.2, 0) is 31.9 Å². The lowest BCUT2D eigenvalue weighted by atomic mass is 10.0. The predicted octanol–water partition coefficient (Wildman–Crippen LogP) is 4.83. The highest BCUT2D eigenvalue weighted by atomic mass is 32.2. The number of nitrogens with one attached hydrogen (secondary N) is 1. The summed E-state index contributed by atoms with van der Waals surface area (Å²) in [5.41, 5.74) is 4.07. The lowest BCUT2D eigenvalue weighted by Crippen LogP contribution is -2.36. The molecule has 224 valence electrons. The molecule has 1 aromatic heterocycles. The second kappa shape index (κ2) is 12.4. The first-order valence-corrected chi connectivity index (χ1v) is 15.6. The number of rotatable bonds is 11.